The third-order valence-corrected chi connectivity index (χ3v) is 2.64. The number of nitrogens with zero attached hydrogens (tertiary/aromatic N) is 1. The van der Waals surface area contributed by atoms with Crippen LogP contribution < -0.4 is 4.90 Å². The van der Waals surface area contributed by atoms with Gasteiger partial charge in [-0.3, -0.25) is 0 Å². The normalized spacial score (nSPS) is 15.0. The van der Waals surface area contributed by atoms with E-state index in [9.17, 15) is 5.11 Å². The van der Waals surface area contributed by atoms with E-state index in [0.717, 1.165) is 31.6 Å². The summed E-state index contributed by atoms with van der Waals surface area (Å²) < 4.78 is 0. The molecular weight excluding hydrogens is 174 g/mol. The molecule has 0 unspecified atom stereocenters. The standard InChI is InChI=1S/C12H15NO/c1-2-8-13-9-4-6-10-5-3-7-11(14)12(10)13/h2-3,5,7,14H,1,4,6,8-9H2. The Bertz CT molecular complexity index is 346. The smallest absolute Gasteiger partial charge is 0.139 e. The van der Waals surface area contributed by atoms with Gasteiger partial charge in [-0.25, -0.2) is 0 Å². The van der Waals surface area contributed by atoms with Crippen LogP contribution in [0, 0.1) is 0 Å². The van der Waals surface area contributed by atoms with Crippen molar-refractivity contribution >= 4 is 5.69 Å². The predicted molar refractivity (Wildman–Crippen MR) is 58.8 cm³/mol. The lowest BCUT2D eigenvalue weighted by Gasteiger charge is -2.30. The van der Waals surface area contributed by atoms with Crippen molar-refractivity contribution in [1.29, 1.82) is 0 Å². The van der Waals surface area contributed by atoms with Crippen molar-refractivity contribution in [2.45, 2.75) is 12.8 Å². The van der Waals surface area contributed by atoms with Crippen molar-refractivity contribution in [3.05, 3.63) is 36.4 Å². The number of phenolic OH excluding ortho intramolecular Hbond substituents is 1. The Balaban J connectivity index is 2.41. The summed E-state index contributed by atoms with van der Waals surface area (Å²) in [5.74, 6) is 0.393. The minimum atomic E-state index is 0.393. The molecule has 0 spiro atoms. The summed E-state index contributed by atoms with van der Waals surface area (Å²) in [7, 11) is 0. The molecule has 14 heavy (non-hydrogen) atoms. The van der Waals surface area contributed by atoms with Crippen LogP contribution in [-0.2, 0) is 6.42 Å². The van der Waals surface area contributed by atoms with E-state index in [-0.39, 0.29) is 0 Å². The molecule has 0 aromatic heterocycles. The molecule has 1 aliphatic heterocycles. The number of para-hydroxylation sites is 1. The maximum Gasteiger partial charge on any atom is 0.139 e. The molecule has 1 aromatic carbocycles. The van der Waals surface area contributed by atoms with Crippen LogP contribution in [-0.4, -0.2) is 18.2 Å². The number of phenols is 1. The molecule has 0 fully saturated rings. The number of anilines is 1. The molecule has 2 rings (SSSR count). The lowest BCUT2D eigenvalue weighted by atomic mass is 10.0. The summed E-state index contributed by atoms with van der Waals surface area (Å²) >= 11 is 0. The molecule has 0 bridgehead atoms. The van der Waals surface area contributed by atoms with Gasteiger partial charge in [0.25, 0.3) is 0 Å². The minimum Gasteiger partial charge on any atom is -0.506 e. The molecule has 0 saturated carbocycles. The molecule has 0 saturated heterocycles. The molecule has 1 heterocycles. The summed E-state index contributed by atoms with van der Waals surface area (Å²) in [5, 5.41) is 9.78. The monoisotopic (exact) mass is 189 g/mol. The van der Waals surface area contributed by atoms with Crippen LogP contribution in [0.15, 0.2) is 30.9 Å². The Kier molecular flexibility index (Phi) is 2.44. The zero-order chi connectivity index (χ0) is 9.97. The number of aromatic hydroxyl groups is 1. The van der Waals surface area contributed by atoms with Crippen LogP contribution in [0.5, 0.6) is 5.75 Å². The first kappa shape index (κ1) is 9.13. The van der Waals surface area contributed by atoms with Crippen molar-refractivity contribution < 1.29 is 5.11 Å². The Labute approximate surface area is 84.5 Å². The maximum atomic E-state index is 9.78. The number of hydrogen-bond donors (Lipinski definition) is 1. The largest absolute Gasteiger partial charge is 0.506 e. The second-order valence-corrected chi connectivity index (χ2v) is 3.62. The average molecular weight is 189 g/mol. The van der Waals surface area contributed by atoms with Gasteiger partial charge in [0.15, 0.2) is 0 Å². The second kappa shape index (κ2) is 3.74. The molecule has 0 radical (unpaired) electrons. The quantitative estimate of drug-likeness (QED) is 0.722. The molecule has 2 heteroatoms. The molecule has 0 atom stereocenters. The van der Waals surface area contributed by atoms with Gasteiger partial charge in [-0.2, -0.15) is 0 Å². The van der Waals surface area contributed by atoms with E-state index in [1.54, 1.807) is 6.07 Å². The first-order valence-electron chi connectivity index (χ1n) is 4.99. The Morgan fingerprint density at radius 1 is 1.50 bits per heavy atom. The number of hydrogen-bond acceptors (Lipinski definition) is 2. The van der Waals surface area contributed by atoms with Crippen molar-refractivity contribution in [3.8, 4) is 5.75 Å². The van der Waals surface area contributed by atoms with Gasteiger partial charge in [0, 0.05) is 13.1 Å². The van der Waals surface area contributed by atoms with Crippen LogP contribution in [0.3, 0.4) is 0 Å². The summed E-state index contributed by atoms with van der Waals surface area (Å²) in [6.07, 6.45) is 4.10. The molecular formula is C12H15NO. The zero-order valence-corrected chi connectivity index (χ0v) is 8.24. The number of benzene rings is 1. The van der Waals surface area contributed by atoms with Crippen LogP contribution in [0.2, 0.25) is 0 Å². The second-order valence-electron chi connectivity index (χ2n) is 3.62. The van der Waals surface area contributed by atoms with E-state index in [0.29, 0.717) is 5.75 Å². The number of aryl methyl sites for hydroxylation is 1. The van der Waals surface area contributed by atoms with E-state index < -0.39 is 0 Å². The number of fused-ring (bicyclic) bond motifs is 1. The summed E-state index contributed by atoms with van der Waals surface area (Å²) in [4.78, 5) is 2.18. The first-order valence-corrected chi connectivity index (χ1v) is 4.99. The summed E-state index contributed by atoms with van der Waals surface area (Å²) in [5.41, 5.74) is 2.25. The fourth-order valence-corrected chi connectivity index (χ4v) is 2.06. The topological polar surface area (TPSA) is 23.5 Å². The average Bonchev–Trinajstić information content (AvgIpc) is 2.19. The molecule has 2 nitrogen and oxygen atoms in total. The third kappa shape index (κ3) is 1.48. The van der Waals surface area contributed by atoms with Gasteiger partial charge in [-0.05, 0) is 24.5 Å². The van der Waals surface area contributed by atoms with E-state index in [1.807, 2.05) is 12.1 Å². The zero-order valence-electron chi connectivity index (χ0n) is 8.24. The highest BCUT2D eigenvalue weighted by Gasteiger charge is 2.18. The van der Waals surface area contributed by atoms with Gasteiger partial charge in [0.1, 0.15) is 5.75 Å². The SMILES string of the molecule is C=CCN1CCCc2cccc(O)c21. The fourth-order valence-electron chi connectivity index (χ4n) is 2.06. The van der Waals surface area contributed by atoms with Gasteiger partial charge in [-0.15, -0.1) is 6.58 Å². The molecule has 0 amide bonds. The van der Waals surface area contributed by atoms with Crippen LogP contribution in [0.25, 0.3) is 0 Å². The maximum absolute atomic E-state index is 9.78. The van der Waals surface area contributed by atoms with Crippen LogP contribution in [0.1, 0.15) is 12.0 Å². The Hall–Kier alpha value is -1.44. The third-order valence-electron chi connectivity index (χ3n) is 2.64. The molecule has 0 aliphatic carbocycles. The number of rotatable bonds is 2. The molecule has 1 aliphatic rings. The molecule has 74 valence electrons. The highest BCUT2D eigenvalue weighted by molar-refractivity contribution is 5.64. The van der Waals surface area contributed by atoms with Crippen molar-refractivity contribution in [2.75, 3.05) is 18.0 Å². The van der Waals surface area contributed by atoms with Gasteiger partial charge < -0.3 is 10.0 Å². The van der Waals surface area contributed by atoms with Crippen molar-refractivity contribution in [2.24, 2.45) is 0 Å². The fraction of sp³-hybridized carbons (Fsp3) is 0.333. The summed E-state index contributed by atoms with van der Waals surface area (Å²) in [6, 6.07) is 5.75. The molecule has 1 aromatic rings. The van der Waals surface area contributed by atoms with E-state index in [2.05, 4.69) is 17.5 Å². The van der Waals surface area contributed by atoms with Crippen LogP contribution >= 0.6 is 0 Å². The van der Waals surface area contributed by atoms with Gasteiger partial charge in [-0.1, -0.05) is 18.2 Å². The lowest BCUT2D eigenvalue weighted by Crippen LogP contribution is -2.29. The Morgan fingerprint density at radius 2 is 2.36 bits per heavy atom. The van der Waals surface area contributed by atoms with Gasteiger partial charge in [0.2, 0.25) is 0 Å². The predicted octanol–water partition coefficient (Wildman–Crippen LogP) is 2.33. The highest BCUT2D eigenvalue weighted by atomic mass is 16.3. The lowest BCUT2D eigenvalue weighted by molar-refractivity contribution is 0.471. The summed E-state index contributed by atoms with van der Waals surface area (Å²) in [6.45, 7) is 5.55. The van der Waals surface area contributed by atoms with E-state index in [4.69, 9.17) is 0 Å². The Morgan fingerprint density at radius 3 is 3.14 bits per heavy atom. The van der Waals surface area contributed by atoms with Gasteiger partial charge >= 0.3 is 0 Å². The van der Waals surface area contributed by atoms with E-state index in [1.165, 1.54) is 5.56 Å². The van der Waals surface area contributed by atoms with Crippen LogP contribution in [0.4, 0.5) is 5.69 Å². The van der Waals surface area contributed by atoms with Gasteiger partial charge in [0.05, 0.1) is 5.69 Å². The first-order chi connectivity index (χ1) is 6.83. The highest BCUT2D eigenvalue weighted by Crippen LogP contribution is 2.34. The van der Waals surface area contributed by atoms with Crippen molar-refractivity contribution in [1.82, 2.24) is 0 Å². The minimum absolute atomic E-state index is 0.393. The van der Waals surface area contributed by atoms with Crippen molar-refractivity contribution in [3.63, 3.8) is 0 Å². The van der Waals surface area contributed by atoms with E-state index >= 15 is 0 Å². The molecule has 1 N–H and O–H groups in total.